The van der Waals surface area contributed by atoms with Gasteiger partial charge in [0.2, 0.25) is 0 Å². The molecule has 4 aromatic rings. The molecule has 2 aromatic carbocycles. The number of hydrogen-bond acceptors (Lipinski definition) is 3. The van der Waals surface area contributed by atoms with Crippen molar-refractivity contribution in [3.63, 3.8) is 0 Å². The number of fused-ring (bicyclic) bond motifs is 1. The zero-order chi connectivity index (χ0) is 23.3. The molecule has 170 valence electrons. The monoisotopic (exact) mass is 506 g/mol. The second-order valence-electron chi connectivity index (χ2n) is 8.30. The predicted molar refractivity (Wildman–Crippen MR) is 136 cm³/mol. The van der Waals surface area contributed by atoms with Gasteiger partial charge in [-0.25, -0.2) is 0 Å². The number of pyridine rings is 1. The molecule has 1 unspecified atom stereocenters. The molecule has 0 aliphatic heterocycles. The van der Waals surface area contributed by atoms with E-state index in [1.807, 2.05) is 55.7 Å². The van der Waals surface area contributed by atoms with Crippen molar-refractivity contribution in [2.75, 3.05) is 6.61 Å². The van der Waals surface area contributed by atoms with Gasteiger partial charge in [0.15, 0.2) is 0 Å². The standard InChI is InChI=1S/C28H30N2O2Se/c1-3-32-27(31)28(33,22-13-5-4-6-14-22)18-10-9-16-24-23-15-7-8-17-25(23)30(2)26(24)21-12-11-19-29-20-21/h4-8,11-15,17,19-20,33H,3,9-10,16,18H2,1-2H3. The Bertz CT molecular complexity index is 1220. The van der Waals surface area contributed by atoms with Crippen LogP contribution in [0.15, 0.2) is 79.1 Å². The first kappa shape index (κ1) is 23.3. The molecule has 1 atom stereocenters. The number of carbonyl (C=O) groups is 1. The number of para-hydroxylation sites is 1. The summed E-state index contributed by atoms with van der Waals surface area (Å²) >= 11 is 2.59. The van der Waals surface area contributed by atoms with Crippen LogP contribution in [0.3, 0.4) is 0 Å². The normalized spacial score (nSPS) is 13.1. The number of esters is 1. The third-order valence-electron chi connectivity index (χ3n) is 6.23. The second-order valence-corrected chi connectivity index (χ2v) is 9.90. The summed E-state index contributed by atoms with van der Waals surface area (Å²) in [5.74, 6) is -0.169. The Morgan fingerprint density at radius 2 is 1.79 bits per heavy atom. The molecule has 0 N–H and O–H groups in total. The van der Waals surface area contributed by atoms with Gasteiger partial charge < -0.3 is 0 Å². The van der Waals surface area contributed by atoms with E-state index in [1.165, 1.54) is 22.2 Å². The van der Waals surface area contributed by atoms with Crippen molar-refractivity contribution in [3.8, 4) is 11.3 Å². The molecule has 0 aliphatic carbocycles. The maximum atomic E-state index is 12.9. The summed E-state index contributed by atoms with van der Waals surface area (Å²) in [6.07, 6.45) is 7.30. The number of nitrogens with zero attached hydrogens (tertiary/aromatic N) is 2. The Morgan fingerprint density at radius 1 is 1.03 bits per heavy atom. The van der Waals surface area contributed by atoms with Crippen LogP contribution in [0.25, 0.3) is 22.2 Å². The number of carbonyl (C=O) groups excluding carboxylic acids is 1. The van der Waals surface area contributed by atoms with E-state index >= 15 is 0 Å². The van der Waals surface area contributed by atoms with E-state index in [0.717, 1.165) is 36.8 Å². The zero-order valence-corrected chi connectivity index (χ0v) is 21.1. The first-order chi connectivity index (χ1) is 16.1. The van der Waals surface area contributed by atoms with Gasteiger partial charge in [-0.2, -0.15) is 0 Å². The number of aromatic nitrogens is 2. The predicted octanol–water partition coefficient (Wildman–Crippen LogP) is 5.31. The van der Waals surface area contributed by atoms with Gasteiger partial charge in [-0.05, 0) is 0 Å². The van der Waals surface area contributed by atoms with E-state index in [4.69, 9.17) is 4.74 Å². The molecule has 0 saturated heterocycles. The van der Waals surface area contributed by atoms with Crippen molar-refractivity contribution in [1.29, 1.82) is 0 Å². The van der Waals surface area contributed by atoms with Gasteiger partial charge in [0.1, 0.15) is 0 Å². The van der Waals surface area contributed by atoms with Crippen LogP contribution in [-0.4, -0.2) is 38.1 Å². The Kier molecular flexibility index (Phi) is 7.32. The molecule has 2 aromatic heterocycles. The van der Waals surface area contributed by atoms with Gasteiger partial charge in [-0.15, -0.1) is 0 Å². The average Bonchev–Trinajstić information content (AvgIpc) is 3.14. The first-order valence-corrected chi connectivity index (χ1v) is 12.4. The summed E-state index contributed by atoms with van der Waals surface area (Å²) in [6, 6.07) is 22.6. The number of rotatable bonds is 9. The Hall–Kier alpha value is -2.88. The third-order valence-corrected chi connectivity index (χ3v) is 7.62. The van der Waals surface area contributed by atoms with Crippen molar-refractivity contribution in [2.45, 2.75) is 36.9 Å². The van der Waals surface area contributed by atoms with Crippen LogP contribution >= 0.6 is 0 Å². The van der Waals surface area contributed by atoms with E-state index in [-0.39, 0.29) is 5.97 Å². The SMILES string of the molecule is CCOC(=O)C([SeH])(CCCCc1c(-c2cccnc2)n(C)c2ccccc12)c1ccccc1. The van der Waals surface area contributed by atoms with E-state index in [1.54, 1.807) is 0 Å². The van der Waals surface area contributed by atoms with Gasteiger partial charge in [0, 0.05) is 0 Å². The molecule has 0 saturated carbocycles. The fourth-order valence-electron chi connectivity index (χ4n) is 4.61. The molecule has 4 rings (SSSR count). The third kappa shape index (κ3) is 4.75. The van der Waals surface area contributed by atoms with E-state index in [2.05, 4.69) is 62.9 Å². The zero-order valence-electron chi connectivity index (χ0n) is 19.2. The van der Waals surface area contributed by atoms with E-state index in [9.17, 15) is 4.79 Å². The van der Waals surface area contributed by atoms with Gasteiger partial charge in [-0.1, -0.05) is 0 Å². The van der Waals surface area contributed by atoms with Gasteiger partial charge in [0.05, 0.1) is 0 Å². The van der Waals surface area contributed by atoms with Crippen LogP contribution in [0.1, 0.15) is 37.3 Å². The number of benzene rings is 2. The summed E-state index contributed by atoms with van der Waals surface area (Å²) in [7, 11) is 2.12. The number of unbranched alkanes of at least 4 members (excludes halogenated alkanes) is 1. The molecule has 0 aliphatic rings. The molecule has 2 heterocycles. The van der Waals surface area contributed by atoms with Crippen molar-refractivity contribution in [3.05, 3.63) is 90.3 Å². The van der Waals surface area contributed by atoms with Gasteiger partial charge in [0.25, 0.3) is 0 Å². The Labute approximate surface area is 203 Å². The van der Waals surface area contributed by atoms with Crippen molar-refractivity contribution >= 4 is 32.9 Å². The number of ether oxygens (including phenoxy) is 1. The molecule has 0 bridgehead atoms. The summed E-state index contributed by atoms with van der Waals surface area (Å²) in [5, 5.41) is 1.28. The molecule has 0 radical (unpaired) electrons. The quantitative estimate of drug-likeness (QED) is 0.176. The number of aryl methyl sites for hydroxylation is 2. The second kappa shape index (κ2) is 10.4. The minimum absolute atomic E-state index is 0.169. The maximum absolute atomic E-state index is 12.9. The van der Waals surface area contributed by atoms with Crippen molar-refractivity contribution in [1.82, 2.24) is 9.55 Å². The summed E-state index contributed by atoms with van der Waals surface area (Å²) < 4.78 is 7.02. The molecule has 33 heavy (non-hydrogen) atoms. The fraction of sp³-hybridized carbons (Fsp3) is 0.286. The van der Waals surface area contributed by atoms with Gasteiger partial charge in [-0.3, -0.25) is 0 Å². The van der Waals surface area contributed by atoms with Crippen molar-refractivity contribution in [2.24, 2.45) is 7.05 Å². The van der Waals surface area contributed by atoms with E-state index < -0.39 is 4.31 Å². The molecule has 0 fully saturated rings. The molecular formula is C28H30N2O2Se. The molecular weight excluding hydrogens is 475 g/mol. The first-order valence-electron chi connectivity index (χ1n) is 11.5. The summed E-state index contributed by atoms with van der Waals surface area (Å²) in [4.78, 5) is 17.2. The van der Waals surface area contributed by atoms with Crippen LogP contribution in [0.2, 0.25) is 0 Å². The summed E-state index contributed by atoms with van der Waals surface area (Å²) in [5.41, 5.74) is 5.90. The van der Waals surface area contributed by atoms with E-state index in [0.29, 0.717) is 6.61 Å². The molecule has 5 heteroatoms. The van der Waals surface area contributed by atoms with Crippen LogP contribution in [0.4, 0.5) is 0 Å². The minimum atomic E-state index is -0.699. The van der Waals surface area contributed by atoms with Crippen LogP contribution < -0.4 is 0 Å². The average molecular weight is 506 g/mol. The Morgan fingerprint density at radius 3 is 2.52 bits per heavy atom. The Balaban J connectivity index is 1.57. The van der Waals surface area contributed by atoms with Crippen LogP contribution in [0.5, 0.6) is 0 Å². The molecule has 0 amide bonds. The fourth-order valence-corrected chi connectivity index (χ4v) is 5.39. The van der Waals surface area contributed by atoms with Crippen LogP contribution in [-0.2, 0) is 27.3 Å². The van der Waals surface area contributed by atoms with Crippen molar-refractivity contribution < 1.29 is 9.53 Å². The molecule has 4 nitrogen and oxygen atoms in total. The van der Waals surface area contributed by atoms with Crippen LogP contribution in [0, 0.1) is 0 Å². The topological polar surface area (TPSA) is 44.1 Å². The summed E-state index contributed by atoms with van der Waals surface area (Å²) in [6.45, 7) is 2.24. The number of hydrogen-bond donors (Lipinski definition) is 0. The van der Waals surface area contributed by atoms with Gasteiger partial charge >= 0.3 is 204 Å². The molecule has 0 spiro atoms.